The predicted molar refractivity (Wildman–Crippen MR) is 107 cm³/mol. The third-order valence-corrected chi connectivity index (χ3v) is 5.49. The largest absolute Gasteiger partial charge is 0.471 e. The molecule has 5 rings (SSSR count). The van der Waals surface area contributed by atoms with E-state index in [9.17, 15) is 18.0 Å². The van der Waals surface area contributed by atoms with Gasteiger partial charge in [-0.1, -0.05) is 5.16 Å². The molecule has 0 atom stereocenters. The van der Waals surface area contributed by atoms with E-state index >= 15 is 0 Å². The molecule has 1 aliphatic rings. The van der Waals surface area contributed by atoms with Crippen LogP contribution >= 0.6 is 0 Å². The van der Waals surface area contributed by atoms with E-state index in [0.717, 1.165) is 36.8 Å². The molecule has 4 aromatic rings. The van der Waals surface area contributed by atoms with Gasteiger partial charge in [0.15, 0.2) is 0 Å². The molecule has 0 N–H and O–H groups in total. The van der Waals surface area contributed by atoms with Gasteiger partial charge in [0.1, 0.15) is 5.69 Å². The Kier molecular flexibility index (Phi) is 4.68. The van der Waals surface area contributed by atoms with Gasteiger partial charge in [0, 0.05) is 37.3 Å². The number of hydrogen-bond acceptors (Lipinski definition) is 6. The first-order chi connectivity index (χ1) is 15.3. The molecule has 0 radical (unpaired) electrons. The zero-order valence-corrected chi connectivity index (χ0v) is 16.9. The van der Waals surface area contributed by atoms with Crippen LogP contribution in [0.1, 0.15) is 29.2 Å². The Morgan fingerprint density at radius 1 is 1.09 bits per heavy atom. The van der Waals surface area contributed by atoms with Crippen LogP contribution in [0, 0.1) is 0 Å². The average molecular weight is 442 g/mol. The van der Waals surface area contributed by atoms with Crippen LogP contribution in [0.3, 0.4) is 0 Å². The van der Waals surface area contributed by atoms with Crippen LogP contribution in [0.25, 0.3) is 33.7 Å². The van der Waals surface area contributed by atoms with Crippen molar-refractivity contribution in [1.82, 2.24) is 29.6 Å². The molecule has 4 aromatic heterocycles. The van der Waals surface area contributed by atoms with Crippen LogP contribution in [0.15, 0.2) is 41.2 Å². The zero-order chi connectivity index (χ0) is 22.5. The first-order valence-corrected chi connectivity index (χ1v) is 9.94. The van der Waals surface area contributed by atoms with Crippen molar-refractivity contribution < 1.29 is 22.5 Å². The fraction of sp³-hybridized carbons (Fsp3) is 0.286. The number of pyridine rings is 2. The van der Waals surface area contributed by atoms with Crippen LogP contribution in [-0.4, -0.2) is 48.6 Å². The minimum atomic E-state index is -4.72. The van der Waals surface area contributed by atoms with E-state index in [1.54, 1.807) is 18.3 Å². The van der Waals surface area contributed by atoms with Crippen molar-refractivity contribution in [1.29, 1.82) is 0 Å². The van der Waals surface area contributed by atoms with Crippen LogP contribution < -0.4 is 0 Å². The number of rotatable bonds is 3. The van der Waals surface area contributed by atoms with Crippen LogP contribution in [0.4, 0.5) is 13.2 Å². The summed E-state index contributed by atoms with van der Waals surface area (Å²) >= 11 is 0. The highest BCUT2D eigenvalue weighted by molar-refractivity contribution is 5.99. The Bertz CT molecular complexity index is 1320. The van der Waals surface area contributed by atoms with E-state index < -0.39 is 12.1 Å². The van der Waals surface area contributed by atoms with E-state index in [0.29, 0.717) is 22.6 Å². The SMILES string of the molecule is Cn1c(C(=O)N2CCCC2)cc2cc(-c3cc(-c4noc(C(F)(F)F)n4)ccn3)ncc21. The number of nitrogens with zero attached hydrogens (tertiary/aromatic N) is 6. The summed E-state index contributed by atoms with van der Waals surface area (Å²) < 4.78 is 44.4. The lowest BCUT2D eigenvalue weighted by Crippen LogP contribution is -2.29. The number of amides is 1. The van der Waals surface area contributed by atoms with Crippen LogP contribution in [0.2, 0.25) is 0 Å². The number of carbonyl (C=O) groups excluding carboxylic acids is 1. The van der Waals surface area contributed by atoms with Crippen molar-refractivity contribution in [2.24, 2.45) is 7.05 Å². The maximum absolute atomic E-state index is 12.8. The molecule has 0 unspecified atom stereocenters. The van der Waals surface area contributed by atoms with E-state index in [-0.39, 0.29) is 11.7 Å². The lowest BCUT2D eigenvalue weighted by molar-refractivity contribution is -0.159. The van der Waals surface area contributed by atoms with E-state index in [1.807, 2.05) is 22.6 Å². The molecule has 8 nitrogen and oxygen atoms in total. The normalized spacial score (nSPS) is 14.4. The number of hydrogen-bond donors (Lipinski definition) is 0. The molecule has 0 aliphatic carbocycles. The maximum atomic E-state index is 12.8. The highest BCUT2D eigenvalue weighted by Crippen LogP contribution is 2.30. The summed E-state index contributed by atoms with van der Waals surface area (Å²) in [5, 5.41) is 4.22. The van der Waals surface area contributed by atoms with Gasteiger partial charge in [0.25, 0.3) is 5.91 Å². The second kappa shape index (κ2) is 7.43. The van der Waals surface area contributed by atoms with Crippen molar-refractivity contribution in [3.05, 3.63) is 48.2 Å². The molecule has 1 amide bonds. The quantitative estimate of drug-likeness (QED) is 0.478. The first kappa shape index (κ1) is 20.2. The highest BCUT2D eigenvalue weighted by atomic mass is 19.4. The monoisotopic (exact) mass is 442 g/mol. The third-order valence-electron chi connectivity index (χ3n) is 5.49. The molecule has 1 saturated heterocycles. The number of fused-ring (bicyclic) bond motifs is 1. The summed E-state index contributed by atoms with van der Waals surface area (Å²) in [5.41, 5.74) is 2.62. The molecule has 11 heteroatoms. The van der Waals surface area contributed by atoms with Crippen molar-refractivity contribution in [2.75, 3.05) is 13.1 Å². The van der Waals surface area contributed by atoms with Crippen molar-refractivity contribution in [2.45, 2.75) is 19.0 Å². The van der Waals surface area contributed by atoms with E-state index in [2.05, 4.69) is 24.6 Å². The number of likely N-dealkylation sites (tertiary alicyclic amines) is 1. The fourth-order valence-corrected chi connectivity index (χ4v) is 3.83. The number of aromatic nitrogens is 5. The molecule has 1 aliphatic heterocycles. The number of halogens is 3. The van der Waals surface area contributed by atoms with Crippen molar-refractivity contribution >= 4 is 16.8 Å². The molecule has 0 spiro atoms. The number of carbonyl (C=O) groups is 1. The van der Waals surface area contributed by atoms with Gasteiger partial charge in [-0.05, 0) is 37.1 Å². The highest BCUT2D eigenvalue weighted by Gasteiger charge is 2.38. The van der Waals surface area contributed by atoms with Crippen LogP contribution in [-0.2, 0) is 13.2 Å². The molecule has 5 heterocycles. The minimum Gasteiger partial charge on any atom is -0.338 e. The molecule has 32 heavy (non-hydrogen) atoms. The van der Waals surface area contributed by atoms with Gasteiger partial charge in [0.05, 0.1) is 23.1 Å². The second-order valence-electron chi connectivity index (χ2n) is 7.57. The van der Waals surface area contributed by atoms with E-state index in [4.69, 9.17) is 0 Å². The predicted octanol–water partition coefficient (Wildman–Crippen LogP) is 3.94. The van der Waals surface area contributed by atoms with Crippen LogP contribution in [0.5, 0.6) is 0 Å². The summed E-state index contributed by atoms with van der Waals surface area (Å²) in [6.45, 7) is 1.51. The summed E-state index contributed by atoms with van der Waals surface area (Å²) in [7, 11) is 1.82. The Balaban J connectivity index is 1.49. The molecule has 0 aromatic carbocycles. The van der Waals surface area contributed by atoms with Gasteiger partial charge >= 0.3 is 12.1 Å². The minimum absolute atomic E-state index is 0.0135. The summed E-state index contributed by atoms with van der Waals surface area (Å²) in [6, 6.07) is 6.64. The zero-order valence-electron chi connectivity index (χ0n) is 16.9. The van der Waals surface area contributed by atoms with Gasteiger partial charge in [0.2, 0.25) is 5.82 Å². The molecular formula is C21H17F3N6O2. The Morgan fingerprint density at radius 2 is 1.84 bits per heavy atom. The lowest BCUT2D eigenvalue weighted by atomic mass is 10.1. The molecule has 164 valence electrons. The summed E-state index contributed by atoms with van der Waals surface area (Å²) in [5.74, 6) is -1.62. The smallest absolute Gasteiger partial charge is 0.338 e. The number of aryl methyl sites for hydroxylation is 1. The molecule has 0 bridgehead atoms. The Morgan fingerprint density at radius 3 is 2.56 bits per heavy atom. The van der Waals surface area contributed by atoms with Gasteiger partial charge in [-0.3, -0.25) is 14.8 Å². The Hall–Kier alpha value is -3.76. The molecule has 1 fully saturated rings. The van der Waals surface area contributed by atoms with Crippen molar-refractivity contribution in [3.63, 3.8) is 0 Å². The van der Waals surface area contributed by atoms with Gasteiger partial charge in [-0.25, -0.2) is 0 Å². The summed E-state index contributed by atoms with van der Waals surface area (Å²) in [6.07, 6.45) is 0.386. The Labute approximate surface area is 179 Å². The lowest BCUT2D eigenvalue weighted by Gasteiger charge is -2.15. The second-order valence-corrected chi connectivity index (χ2v) is 7.57. The summed E-state index contributed by atoms with van der Waals surface area (Å²) in [4.78, 5) is 26.8. The fourth-order valence-electron chi connectivity index (χ4n) is 3.83. The van der Waals surface area contributed by atoms with Gasteiger partial charge in [-0.2, -0.15) is 18.2 Å². The van der Waals surface area contributed by atoms with E-state index in [1.165, 1.54) is 12.3 Å². The standard InChI is InChI=1S/C21H17F3N6O2/c1-29-16(19(31)30-6-2-3-7-30)10-13-9-15(26-11-17(13)29)14-8-12(4-5-25-14)18-27-20(32-28-18)21(22,23)24/h4-5,8-11H,2-3,6-7H2,1H3. The molecular weight excluding hydrogens is 425 g/mol. The average Bonchev–Trinajstić information content (AvgIpc) is 3.53. The third kappa shape index (κ3) is 3.49. The van der Waals surface area contributed by atoms with Gasteiger partial charge < -0.3 is 14.0 Å². The first-order valence-electron chi connectivity index (χ1n) is 9.94. The molecule has 0 saturated carbocycles. The van der Waals surface area contributed by atoms with Crippen molar-refractivity contribution in [3.8, 4) is 22.8 Å². The topological polar surface area (TPSA) is 89.9 Å². The number of alkyl halides is 3. The maximum Gasteiger partial charge on any atom is 0.471 e. The van der Waals surface area contributed by atoms with Gasteiger partial charge in [-0.15, -0.1) is 0 Å².